The van der Waals surface area contributed by atoms with Crippen LogP contribution < -0.4 is 97.9 Å². The Morgan fingerprint density at radius 3 is 1.29 bits per heavy atom. The van der Waals surface area contributed by atoms with Gasteiger partial charge in [-0.2, -0.15) is 0 Å². The normalized spacial score (nSPS) is 3.43. The zero-order valence-electron chi connectivity index (χ0n) is 4.05. The van der Waals surface area contributed by atoms with E-state index in [2.05, 4.69) is 0 Å². The molecule has 0 unspecified atom stereocenters. The quantitative estimate of drug-likeness (QED) is 0.223. The van der Waals surface area contributed by atoms with Crippen molar-refractivity contribution in [3.63, 3.8) is 0 Å². The van der Waals surface area contributed by atoms with Gasteiger partial charge in [0.05, 0.1) is 5.09 Å². The molecular formula is BrKNNaO3. The van der Waals surface area contributed by atoms with Crippen LogP contribution in [0.3, 0.4) is 0 Å². The molecule has 0 radical (unpaired) electrons. The van der Waals surface area contributed by atoms with Gasteiger partial charge >= 0.3 is 80.9 Å². The molecule has 0 aliphatic carbocycles. The van der Waals surface area contributed by atoms with Crippen molar-refractivity contribution in [3.05, 3.63) is 15.3 Å². The topological polar surface area (TPSA) is 66.2 Å². The van der Waals surface area contributed by atoms with E-state index in [4.69, 9.17) is 15.3 Å². The molecular weight excluding hydrogens is 204 g/mol. The monoisotopic (exact) mass is 203 g/mol. The van der Waals surface area contributed by atoms with E-state index in [9.17, 15) is 0 Å². The summed E-state index contributed by atoms with van der Waals surface area (Å²) in [6, 6.07) is 0. The molecule has 4 nitrogen and oxygen atoms in total. The van der Waals surface area contributed by atoms with Crippen LogP contribution in [-0.2, 0) is 0 Å². The van der Waals surface area contributed by atoms with E-state index < -0.39 is 5.09 Å². The molecule has 0 atom stereocenters. The van der Waals surface area contributed by atoms with Gasteiger partial charge < -0.3 is 32.3 Å². The van der Waals surface area contributed by atoms with Gasteiger partial charge in [0.1, 0.15) is 0 Å². The van der Waals surface area contributed by atoms with Gasteiger partial charge in [0.25, 0.3) is 0 Å². The second-order valence-corrected chi connectivity index (χ2v) is 0.224. The molecule has 7 heavy (non-hydrogen) atoms. The first-order valence-corrected chi connectivity index (χ1v) is 0.548. The van der Waals surface area contributed by atoms with E-state index in [1.807, 2.05) is 0 Å². The molecule has 0 rings (SSSR count). The summed E-state index contributed by atoms with van der Waals surface area (Å²) < 4.78 is 0. The molecule has 0 aliphatic rings. The SMILES string of the molecule is O=[N+]([O-])[O-].[Br-].[K+].[Na+]. The Morgan fingerprint density at radius 1 is 1.29 bits per heavy atom. The summed E-state index contributed by atoms with van der Waals surface area (Å²) in [7, 11) is 0. The van der Waals surface area contributed by atoms with E-state index in [0.717, 1.165) is 0 Å². The molecule has 7 heteroatoms. The maximum Gasteiger partial charge on any atom is 1.00 e. The van der Waals surface area contributed by atoms with Crippen LogP contribution in [0.15, 0.2) is 0 Å². The summed E-state index contributed by atoms with van der Waals surface area (Å²) in [6.45, 7) is 0. The zero-order chi connectivity index (χ0) is 3.58. The molecule has 0 spiro atoms. The Morgan fingerprint density at radius 2 is 1.29 bits per heavy atom. The van der Waals surface area contributed by atoms with E-state index in [0.29, 0.717) is 0 Å². The molecule has 0 aliphatic heterocycles. The molecule has 0 N–H and O–H groups in total. The minimum Gasteiger partial charge on any atom is -1.00 e. The van der Waals surface area contributed by atoms with Crippen molar-refractivity contribution in [2.24, 2.45) is 0 Å². The van der Waals surface area contributed by atoms with Gasteiger partial charge in [-0.15, -0.1) is 0 Å². The second kappa shape index (κ2) is 15.8. The second-order valence-electron chi connectivity index (χ2n) is 0.224. The fourth-order valence-electron chi connectivity index (χ4n) is 0. The van der Waals surface area contributed by atoms with Crippen molar-refractivity contribution in [1.29, 1.82) is 0 Å². The third-order valence-corrected chi connectivity index (χ3v) is 0. The maximum atomic E-state index is 8.25. The van der Waals surface area contributed by atoms with Crippen LogP contribution in [0.5, 0.6) is 0 Å². The Bertz CT molecular complexity index is 37.9. The Labute approximate surface area is 116 Å². The molecule has 0 amide bonds. The third kappa shape index (κ3) is 61.8. The summed E-state index contributed by atoms with van der Waals surface area (Å²) >= 11 is 0. The number of hydrogen-bond acceptors (Lipinski definition) is 3. The summed E-state index contributed by atoms with van der Waals surface area (Å²) in [5, 5.41) is 14.8. The number of rotatable bonds is 0. The largest absolute Gasteiger partial charge is 1.00 e. The van der Waals surface area contributed by atoms with E-state index >= 15 is 0 Å². The summed E-state index contributed by atoms with van der Waals surface area (Å²) in [5.74, 6) is 0. The molecule has 0 bridgehead atoms. The van der Waals surface area contributed by atoms with Crippen molar-refractivity contribution in [2.75, 3.05) is 0 Å². The standard InChI is InChI=1S/BrH.K.NO3.Na/c;;2-1(3)4;/h1H;;;/q;+1;-1;+1/p-1. The predicted octanol–water partition coefficient (Wildman–Crippen LogP) is -9.23. The van der Waals surface area contributed by atoms with Crippen LogP contribution in [0.2, 0.25) is 0 Å². The molecule has 0 fully saturated rings. The molecule has 0 saturated heterocycles. The van der Waals surface area contributed by atoms with Crippen LogP contribution in [0.1, 0.15) is 0 Å². The number of hydrogen-bond donors (Lipinski definition) is 0. The summed E-state index contributed by atoms with van der Waals surface area (Å²) in [4.78, 5) is 8.25. The van der Waals surface area contributed by atoms with Gasteiger partial charge in [-0.3, -0.25) is 0 Å². The van der Waals surface area contributed by atoms with Crippen LogP contribution >= 0.6 is 0 Å². The first-order valence-electron chi connectivity index (χ1n) is 0.548. The van der Waals surface area contributed by atoms with Gasteiger partial charge in [0.2, 0.25) is 0 Å². The Hall–Kier alpha value is 2.32. The summed E-state index contributed by atoms with van der Waals surface area (Å²) in [5.41, 5.74) is 0. The minimum atomic E-state index is -1.75. The molecule has 0 aromatic heterocycles. The molecule has 32 valence electrons. The van der Waals surface area contributed by atoms with Crippen molar-refractivity contribution in [1.82, 2.24) is 0 Å². The van der Waals surface area contributed by atoms with E-state index in [1.54, 1.807) is 0 Å². The van der Waals surface area contributed by atoms with Crippen LogP contribution in [-0.4, -0.2) is 5.09 Å². The number of nitrogens with zero attached hydrogens (tertiary/aromatic N) is 1. The van der Waals surface area contributed by atoms with Gasteiger partial charge in [-0.25, -0.2) is 0 Å². The molecule has 0 saturated carbocycles. The zero-order valence-corrected chi connectivity index (χ0v) is 10.8. The average Bonchev–Trinajstić information content (AvgIpc) is 0.811. The molecule has 0 aromatic rings. The van der Waals surface area contributed by atoms with Crippen molar-refractivity contribution < 1.29 is 103 Å². The van der Waals surface area contributed by atoms with Crippen molar-refractivity contribution in [2.45, 2.75) is 0 Å². The third-order valence-electron chi connectivity index (χ3n) is 0. The van der Waals surface area contributed by atoms with Gasteiger partial charge in [-0.1, -0.05) is 0 Å². The summed E-state index contributed by atoms with van der Waals surface area (Å²) in [6.07, 6.45) is 0. The van der Waals surface area contributed by atoms with Crippen LogP contribution in [0.4, 0.5) is 0 Å². The first kappa shape index (κ1) is 22.8. The Balaban J connectivity index is -0.0000000150. The van der Waals surface area contributed by atoms with E-state index in [1.165, 1.54) is 0 Å². The first-order chi connectivity index (χ1) is 1.73. The van der Waals surface area contributed by atoms with Crippen LogP contribution in [0.25, 0.3) is 0 Å². The van der Waals surface area contributed by atoms with Crippen molar-refractivity contribution in [3.8, 4) is 0 Å². The molecule has 0 heterocycles. The predicted molar refractivity (Wildman–Crippen MR) is 10.4 cm³/mol. The minimum absolute atomic E-state index is 0. The fraction of sp³-hybridized carbons (Fsp3) is 0. The smallest absolute Gasteiger partial charge is 1.00 e. The average molecular weight is 204 g/mol. The van der Waals surface area contributed by atoms with E-state index in [-0.39, 0.29) is 97.9 Å². The van der Waals surface area contributed by atoms with Gasteiger partial charge in [0, 0.05) is 0 Å². The van der Waals surface area contributed by atoms with Gasteiger partial charge in [-0.05, 0) is 0 Å². The Kier molecular flexibility index (Phi) is 51.3. The van der Waals surface area contributed by atoms with Crippen LogP contribution in [0, 0.1) is 15.3 Å². The number of halogens is 1. The van der Waals surface area contributed by atoms with Gasteiger partial charge in [0.15, 0.2) is 0 Å². The molecule has 0 aromatic carbocycles. The van der Waals surface area contributed by atoms with Crippen molar-refractivity contribution >= 4 is 0 Å². The maximum absolute atomic E-state index is 8.25. The fourth-order valence-corrected chi connectivity index (χ4v) is 0.